The number of rotatable bonds is 6. The van der Waals surface area contributed by atoms with E-state index in [1.54, 1.807) is 4.90 Å². The molecule has 0 aromatic heterocycles. The average Bonchev–Trinajstić information content (AvgIpc) is 2.61. The van der Waals surface area contributed by atoms with Crippen LogP contribution in [0.1, 0.15) is 36.7 Å². The standard InChI is InChI=1S/C18H27N3O3.ClH/c1-4-21(5-2)18(23)15-8-6-14(7-9-15)12-20-17(22)16-13(3)24-11-10-19-16;/h6-9,13,16,19H,4-5,10-12H2,1-3H3,(H,20,22);1H/t13-,16+;/m1./s1. The van der Waals surface area contributed by atoms with Crippen molar-refractivity contribution < 1.29 is 14.3 Å². The smallest absolute Gasteiger partial charge is 0.253 e. The molecule has 0 spiro atoms. The van der Waals surface area contributed by atoms with E-state index < -0.39 is 0 Å². The minimum absolute atomic E-state index is 0. The minimum Gasteiger partial charge on any atom is -0.375 e. The maximum absolute atomic E-state index is 12.3. The molecule has 140 valence electrons. The van der Waals surface area contributed by atoms with E-state index in [0.717, 1.165) is 5.56 Å². The predicted octanol–water partition coefficient (Wildman–Crippen LogP) is 1.58. The summed E-state index contributed by atoms with van der Waals surface area (Å²) in [6.45, 7) is 8.97. The number of nitrogens with zero attached hydrogens (tertiary/aromatic N) is 1. The van der Waals surface area contributed by atoms with Crippen molar-refractivity contribution in [2.24, 2.45) is 0 Å². The van der Waals surface area contributed by atoms with Gasteiger partial charge >= 0.3 is 0 Å². The first-order valence-corrected chi connectivity index (χ1v) is 8.57. The zero-order chi connectivity index (χ0) is 17.5. The van der Waals surface area contributed by atoms with Crippen molar-refractivity contribution in [1.82, 2.24) is 15.5 Å². The van der Waals surface area contributed by atoms with Gasteiger partial charge < -0.3 is 20.3 Å². The van der Waals surface area contributed by atoms with Gasteiger partial charge in [0.15, 0.2) is 0 Å². The van der Waals surface area contributed by atoms with Crippen LogP contribution >= 0.6 is 12.4 Å². The molecular weight excluding hydrogens is 342 g/mol. The maximum atomic E-state index is 12.3. The van der Waals surface area contributed by atoms with Gasteiger partial charge in [-0.25, -0.2) is 0 Å². The van der Waals surface area contributed by atoms with E-state index in [0.29, 0.717) is 38.3 Å². The molecule has 25 heavy (non-hydrogen) atoms. The molecule has 0 radical (unpaired) electrons. The van der Waals surface area contributed by atoms with E-state index in [-0.39, 0.29) is 36.4 Å². The lowest BCUT2D eigenvalue weighted by Crippen LogP contribution is -2.55. The summed E-state index contributed by atoms with van der Waals surface area (Å²) < 4.78 is 5.48. The molecule has 0 saturated carbocycles. The van der Waals surface area contributed by atoms with E-state index in [9.17, 15) is 9.59 Å². The van der Waals surface area contributed by atoms with Gasteiger partial charge in [-0.2, -0.15) is 0 Å². The van der Waals surface area contributed by atoms with Crippen molar-refractivity contribution in [2.45, 2.75) is 39.5 Å². The number of morpholine rings is 1. The topological polar surface area (TPSA) is 70.7 Å². The van der Waals surface area contributed by atoms with Crippen LogP contribution in [-0.2, 0) is 16.1 Å². The number of carbonyl (C=O) groups is 2. The molecule has 2 amide bonds. The normalized spacial score (nSPS) is 19.6. The van der Waals surface area contributed by atoms with Gasteiger partial charge in [0, 0.05) is 31.7 Å². The maximum Gasteiger partial charge on any atom is 0.253 e. The van der Waals surface area contributed by atoms with Crippen molar-refractivity contribution >= 4 is 24.2 Å². The molecule has 2 rings (SSSR count). The van der Waals surface area contributed by atoms with Gasteiger partial charge in [-0.15, -0.1) is 12.4 Å². The van der Waals surface area contributed by atoms with Crippen LogP contribution in [0.15, 0.2) is 24.3 Å². The Balaban J connectivity index is 0.00000312. The first-order chi connectivity index (χ1) is 11.6. The van der Waals surface area contributed by atoms with Crippen molar-refractivity contribution in [1.29, 1.82) is 0 Å². The van der Waals surface area contributed by atoms with Crippen LogP contribution in [0.3, 0.4) is 0 Å². The van der Waals surface area contributed by atoms with Crippen molar-refractivity contribution in [3.8, 4) is 0 Å². The zero-order valence-corrected chi connectivity index (χ0v) is 15.9. The predicted molar refractivity (Wildman–Crippen MR) is 100.0 cm³/mol. The number of ether oxygens (including phenoxy) is 1. The lowest BCUT2D eigenvalue weighted by atomic mass is 10.1. The number of hydrogen-bond acceptors (Lipinski definition) is 4. The summed E-state index contributed by atoms with van der Waals surface area (Å²) in [6.07, 6.45) is -0.132. The molecule has 2 atom stereocenters. The Labute approximate surface area is 155 Å². The van der Waals surface area contributed by atoms with E-state index >= 15 is 0 Å². The molecule has 6 nitrogen and oxygen atoms in total. The van der Waals surface area contributed by atoms with Crippen LogP contribution < -0.4 is 10.6 Å². The molecule has 1 aliphatic rings. The third-order valence-corrected chi connectivity index (χ3v) is 4.32. The minimum atomic E-state index is -0.317. The van der Waals surface area contributed by atoms with Gasteiger partial charge in [-0.05, 0) is 38.5 Å². The Hall–Kier alpha value is -1.63. The van der Waals surface area contributed by atoms with Gasteiger partial charge in [-0.1, -0.05) is 12.1 Å². The summed E-state index contributed by atoms with van der Waals surface area (Å²) in [5, 5.41) is 6.08. The molecule has 1 fully saturated rings. The summed E-state index contributed by atoms with van der Waals surface area (Å²) in [4.78, 5) is 26.3. The fourth-order valence-corrected chi connectivity index (χ4v) is 2.79. The highest BCUT2D eigenvalue weighted by atomic mass is 35.5. The number of carbonyl (C=O) groups excluding carboxylic acids is 2. The molecule has 0 unspecified atom stereocenters. The van der Waals surface area contributed by atoms with E-state index in [2.05, 4.69) is 10.6 Å². The van der Waals surface area contributed by atoms with E-state index in [1.807, 2.05) is 45.0 Å². The summed E-state index contributed by atoms with van der Waals surface area (Å²) in [5.41, 5.74) is 1.63. The Morgan fingerprint density at radius 3 is 2.44 bits per heavy atom. The summed E-state index contributed by atoms with van der Waals surface area (Å²) in [6, 6.07) is 7.07. The SMILES string of the molecule is CCN(CC)C(=O)c1ccc(CNC(=O)[C@H]2NCCO[C@@H]2C)cc1.Cl. The lowest BCUT2D eigenvalue weighted by molar-refractivity contribution is -0.129. The molecule has 0 bridgehead atoms. The van der Waals surface area contributed by atoms with Gasteiger partial charge in [-0.3, -0.25) is 9.59 Å². The van der Waals surface area contributed by atoms with Crippen LogP contribution in [0.2, 0.25) is 0 Å². The summed E-state index contributed by atoms with van der Waals surface area (Å²) in [7, 11) is 0. The van der Waals surface area contributed by atoms with Gasteiger partial charge in [0.1, 0.15) is 6.04 Å². The van der Waals surface area contributed by atoms with Crippen molar-refractivity contribution in [2.75, 3.05) is 26.2 Å². The van der Waals surface area contributed by atoms with Crippen molar-refractivity contribution in [3.05, 3.63) is 35.4 Å². The number of amides is 2. The molecule has 1 heterocycles. The first kappa shape index (κ1) is 21.4. The van der Waals surface area contributed by atoms with Crippen LogP contribution in [0, 0.1) is 0 Å². The summed E-state index contributed by atoms with van der Waals surface area (Å²) >= 11 is 0. The van der Waals surface area contributed by atoms with Crippen LogP contribution in [-0.4, -0.2) is 55.1 Å². The highest BCUT2D eigenvalue weighted by Gasteiger charge is 2.27. The Morgan fingerprint density at radius 1 is 1.24 bits per heavy atom. The molecule has 1 aliphatic heterocycles. The first-order valence-electron chi connectivity index (χ1n) is 8.57. The monoisotopic (exact) mass is 369 g/mol. The van der Waals surface area contributed by atoms with Gasteiger partial charge in [0.25, 0.3) is 5.91 Å². The Morgan fingerprint density at radius 2 is 1.88 bits per heavy atom. The average molecular weight is 370 g/mol. The molecule has 1 saturated heterocycles. The second-order valence-electron chi connectivity index (χ2n) is 5.90. The Kier molecular flexibility index (Phi) is 8.89. The van der Waals surface area contributed by atoms with Gasteiger partial charge in [0.05, 0.1) is 12.7 Å². The van der Waals surface area contributed by atoms with E-state index in [1.165, 1.54) is 0 Å². The second-order valence-corrected chi connectivity index (χ2v) is 5.90. The molecule has 1 aromatic carbocycles. The molecule has 2 N–H and O–H groups in total. The van der Waals surface area contributed by atoms with Crippen molar-refractivity contribution in [3.63, 3.8) is 0 Å². The fraction of sp³-hybridized carbons (Fsp3) is 0.556. The third kappa shape index (κ3) is 5.70. The number of nitrogens with one attached hydrogen (secondary N) is 2. The highest BCUT2D eigenvalue weighted by Crippen LogP contribution is 2.09. The second kappa shape index (κ2) is 10.4. The largest absolute Gasteiger partial charge is 0.375 e. The van der Waals surface area contributed by atoms with Crippen LogP contribution in [0.4, 0.5) is 0 Å². The van der Waals surface area contributed by atoms with Crippen LogP contribution in [0.5, 0.6) is 0 Å². The van der Waals surface area contributed by atoms with Gasteiger partial charge in [0.2, 0.25) is 5.91 Å². The quantitative estimate of drug-likeness (QED) is 0.798. The molecular formula is C18H28ClN3O3. The zero-order valence-electron chi connectivity index (χ0n) is 15.1. The highest BCUT2D eigenvalue weighted by molar-refractivity contribution is 5.94. The molecule has 0 aliphatic carbocycles. The number of hydrogen-bond donors (Lipinski definition) is 2. The molecule has 7 heteroatoms. The Bertz CT molecular complexity index is 561. The number of benzene rings is 1. The summed E-state index contributed by atoms with van der Waals surface area (Å²) in [5.74, 6) is -0.0292. The van der Waals surface area contributed by atoms with Crippen LogP contribution in [0.25, 0.3) is 0 Å². The lowest BCUT2D eigenvalue weighted by Gasteiger charge is -2.29. The number of halogens is 1. The molecule has 1 aromatic rings. The van der Waals surface area contributed by atoms with E-state index in [4.69, 9.17) is 4.74 Å². The third-order valence-electron chi connectivity index (χ3n) is 4.32. The fourth-order valence-electron chi connectivity index (χ4n) is 2.79.